The third kappa shape index (κ3) is 2.80. The van der Waals surface area contributed by atoms with E-state index in [0.29, 0.717) is 17.0 Å². The Kier molecular flexibility index (Phi) is 4.03. The second-order valence-electron chi connectivity index (χ2n) is 3.74. The maximum Gasteiger partial charge on any atom is 0.307 e. The van der Waals surface area contributed by atoms with E-state index in [1.807, 2.05) is 0 Å². The fourth-order valence-corrected chi connectivity index (χ4v) is 1.58. The highest BCUT2D eigenvalue weighted by Gasteiger charge is 2.15. The molecule has 3 N–H and O–H groups in total. The van der Waals surface area contributed by atoms with E-state index in [0.717, 1.165) is 0 Å². The van der Waals surface area contributed by atoms with Crippen molar-refractivity contribution in [2.45, 2.75) is 32.9 Å². The molecule has 0 spiro atoms. The fourth-order valence-electron chi connectivity index (χ4n) is 1.58. The van der Waals surface area contributed by atoms with Crippen LogP contribution in [0.2, 0.25) is 0 Å². The molecule has 0 saturated carbocycles. The normalized spacial score (nSPS) is 12.8. The molecule has 1 rings (SSSR count). The molecule has 0 radical (unpaired) electrons. The molecule has 0 aliphatic heterocycles. The van der Waals surface area contributed by atoms with Gasteiger partial charge in [0, 0.05) is 11.3 Å². The van der Waals surface area contributed by atoms with Crippen molar-refractivity contribution < 1.29 is 20.1 Å². The van der Waals surface area contributed by atoms with Crippen molar-refractivity contribution in [2.24, 2.45) is 0 Å². The maximum absolute atomic E-state index is 10.6. The molecule has 1 aromatic rings. The van der Waals surface area contributed by atoms with Crippen LogP contribution in [0.4, 0.5) is 0 Å². The summed E-state index contributed by atoms with van der Waals surface area (Å²) in [5.41, 5.74) is 2.02. The Morgan fingerprint density at radius 1 is 1.50 bits per heavy atom. The predicted molar refractivity (Wildman–Crippen MR) is 56.1 cm³/mol. The van der Waals surface area contributed by atoms with Crippen LogP contribution < -0.4 is 0 Å². The zero-order chi connectivity index (χ0) is 12.3. The smallest absolute Gasteiger partial charge is 0.307 e. The summed E-state index contributed by atoms with van der Waals surface area (Å²) in [4.78, 5) is 10.6. The molecule has 6 heteroatoms. The second-order valence-corrected chi connectivity index (χ2v) is 3.74. The number of carbonyl (C=O) groups is 1. The second kappa shape index (κ2) is 5.09. The average molecular weight is 228 g/mol. The molecule has 1 atom stereocenters. The van der Waals surface area contributed by atoms with Gasteiger partial charge >= 0.3 is 5.97 Å². The summed E-state index contributed by atoms with van der Waals surface area (Å²) in [7, 11) is 0. The van der Waals surface area contributed by atoms with Gasteiger partial charge in [0.05, 0.1) is 31.4 Å². The van der Waals surface area contributed by atoms with Crippen molar-refractivity contribution in [1.29, 1.82) is 0 Å². The van der Waals surface area contributed by atoms with E-state index >= 15 is 0 Å². The molecule has 6 nitrogen and oxygen atoms in total. The highest BCUT2D eigenvalue weighted by Crippen LogP contribution is 2.14. The standard InChI is InChI=1S/C10H16N2O4/c1-6-9(3-10(15)16)7(2)12(11-6)4-8(14)5-13/h8,13-14H,3-5H2,1-2H3,(H,15,16). The van der Waals surface area contributed by atoms with Gasteiger partial charge in [-0.2, -0.15) is 5.10 Å². The van der Waals surface area contributed by atoms with Crippen LogP contribution in [0.1, 0.15) is 17.0 Å². The predicted octanol–water partition coefficient (Wildman–Crippen LogP) is -0.520. The lowest BCUT2D eigenvalue weighted by Gasteiger charge is -2.09. The van der Waals surface area contributed by atoms with Crippen molar-refractivity contribution >= 4 is 5.97 Å². The molecule has 0 aliphatic carbocycles. The number of aromatic nitrogens is 2. The van der Waals surface area contributed by atoms with Gasteiger partial charge in [-0.05, 0) is 13.8 Å². The van der Waals surface area contributed by atoms with Crippen molar-refractivity contribution in [1.82, 2.24) is 9.78 Å². The van der Waals surface area contributed by atoms with E-state index in [-0.39, 0.29) is 19.6 Å². The third-order valence-corrected chi connectivity index (χ3v) is 2.45. The van der Waals surface area contributed by atoms with Gasteiger partial charge in [-0.1, -0.05) is 0 Å². The molecule has 1 unspecified atom stereocenters. The first-order valence-corrected chi connectivity index (χ1v) is 4.99. The van der Waals surface area contributed by atoms with Crippen LogP contribution in [0.5, 0.6) is 0 Å². The summed E-state index contributed by atoms with van der Waals surface area (Å²) >= 11 is 0. The molecule has 90 valence electrons. The van der Waals surface area contributed by atoms with Crippen LogP contribution in [0, 0.1) is 13.8 Å². The number of rotatable bonds is 5. The van der Waals surface area contributed by atoms with Crippen molar-refractivity contribution in [3.05, 3.63) is 17.0 Å². The first-order valence-electron chi connectivity index (χ1n) is 4.99. The fraction of sp³-hybridized carbons (Fsp3) is 0.600. The molecule has 16 heavy (non-hydrogen) atoms. The summed E-state index contributed by atoms with van der Waals surface area (Å²) in [6, 6.07) is 0. The molecule has 1 heterocycles. The number of hydrogen-bond donors (Lipinski definition) is 3. The molecular weight excluding hydrogens is 212 g/mol. The number of aliphatic hydroxyl groups excluding tert-OH is 2. The molecule has 0 saturated heterocycles. The highest BCUT2D eigenvalue weighted by molar-refractivity contribution is 5.70. The largest absolute Gasteiger partial charge is 0.481 e. The van der Waals surface area contributed by atoms with Gasteiger partial charge in [0.15, 0.2) is 0 Å². The summed E-state index contributed by atoms with van der Waals surface area (Å²) in [5, 5.41) is 30.9. The lowest BCUT2D eigenvalue weighted by Crippen LogP contribution is -2.21. The van der Waals surface area contributed by atoms with Gasteiger partial charge in [0.25, 0.3) is 0 Å². The van der Waals surface area contributed by atoms with Crippen LogP contribution in [0.25, 0.3) is 0 Å². The first kappa shape index (κ1) is 12.7. The van der Waals surface area contributed by atoms with Crippen molar-refractivity contribution in [3.8, 4) is 0 Å². The molecule has 0 aliphatic rings. The van der Waals surface area contributed by atoms with Crippen molar-refractivity contribution in [3.63, 3.8) is 0 Å². The summed E-state index contributed by atoms with van der Waals surface area (Å²) in [6.07, 6.45) is -0.956. The van der Waals surface area contributed by atoms with E-state index < -0.39 is 12.1 Å². The van der Waals surface area contributed by atoms with Crippen molar-refractivity contribution in [2.75, 3.05) is 6.61 Å². The highest BCUT2D eigenvalue weighted by atomic mass is 16.4. The minimum atomic E-state index is -0.909. The van der Waals surface area contributed by atoms with Crippen LogP contribution in [-0.2, 0) is 17.8 Å². The van der Waals surface area contributed by atoms with Gasteiger partial charge in [-0.25, -0.2) is 0 Å². The lowest BCUT2D eigenvalue weighted by molar-refractivity contribution is -0.136. The minimum Gasteiger partial charge on any atom is -0.481 e. The van der Waals surface area contributed by atoms with Crippen LogP contribution in [0.15, 0.2) is 0 Å². The Morgan fingerprint density at radius 2 is 2.12 bits per heavy atom. The van der Waals surface area contributed by atoms with Crippen LogP contribution >= 0.6 is 0 Å². The maximum atomic E-state index is 10.6. The molecule has 1 aromatic heterocycles. The number of aliphatic hydroxyl groups is 2. The minimum absolute atomic E-state index is 0.0765. The lowest BCUT2D eigenvalue weighted by atomic mass is 10.1. The Bertz CT molecular complexity index is 386. The topological polar surface area (TPSA) is 95.6 Å². The Morgan fingerprint density at radius 3 is 2.62 bits per heavy atom. The number of hydrogen-bond acceptors (Lipinski definition) is 4. The molecule has 0 amide bonds. The summed E-state index contributed by atoms with van der Waals surface area (Å²) < 4.78 is 1.52. The van der Waals surface area contributed by atoms with Gasteiger partial charge < -0.3 is 15.3 Å². The number of nitrogens with zero attached hydrogens (tertiary/aromatic N) is 2. The SMILES string of the molecule is Cc1nn(CC(O)CO)c(C)c1CC(=O)O. The Labute approximate surface area is 93.1 Å². The molecule has 0 fully saturated rings. The van der Waals surface area contributed by atoms with E-state index in [2.05, 4.69) is 5.10 Å². The van der Waals surface area contributed by atoms with Crippen LogP contribution in [-0.4, -0.2) is 43.8 Å². The van der Waals surface area contributed by atoms with Crippen LogP contribution in [0.3, 0.4) is 0 Å². The molecule has 0 bridgehead atoms. The number of carboxylic acids is 1. The number of aryl methyl sites for hydroxylation is 1. The van der Waals surface area contributed by atoms with E-state index in [1.54, 1.807) is 13.8 Å². The van der Waals surface area contributed by atoms with Gasteiger partial charge in [-0.3, -0.25) is 9.48 Å². The average Bonchev–Trinajstić information content (AvgIpc) is 2.45. The molecule has 0 aromatic carbocycles. The Balaban J connectivity index is 2.92. The van der Waals surface area contributed by atoms with Gasteiger partial charge in [-0.15, -0.1) is 0 Å². The monoisotopic (exact) mass is 228 g/mol. The zero-order valence-electron chi connectivity index (χ0n) is 9.34. The first-order chi connectivity index (χ1) is 7.45. The summed E-state index contributed by atoms with van der Waals surface area (Å²) in [5.74, 6) is -0.909. The zero-order valence-corrected chi connectivity index (χ0v) is 9.34. The van der Waals surface area contributed by atoms with Gasteiger partial charge in [0.1, 0.15) is 0 Å². The quantitative estimate of drug-likeness (QED) is 0.630. The molecular formula is C10H16N2O4. The number of aliphatic carboxylic acids is 1. The number of carboxylic acid groups (broad SMARTS) is 1. The third-order valence-electron chi connectivity index (χ3n) is 2.45. The van der Waals surface area contributed by atoms with E-state index in [1.165, 1.54) is 4.68 Å². The van der Waals surface area contributed by atoms with Gasteiger partial charge in [0.2, 0.25) is 0 Å². The Hall–Kier alpha value is -1.40. The summed E-state index contributed by atoms with van der Waals surface area (Å²) in [6.45, 7) is 3.31. The van der Waals surface area contributed by atoms with E-state index in [9.17, 15) is 9.90 Å². The van der Waals surface area contributed by atoms with E-state index in [4.69, 9.17) is 10.2 Å².